The maximum absolute atomic E-state index is 4.58. The number of hydrogen-bond donors (Lipinski definition) is 2. The summed E-state index contributed by atoms with van der Waals surface area (Å²) in [4.78, 5) is 15.7. The SMILES string of the molecule is C(=N\Nc1nc(Nc2ccccc2)nc(N2CCCC2)n1)/c1ccccc1. The molecular formula is C20H21N7. The molecule has 1 aromatic heterocycles. The average Bonchev–Trinajstić information content (AvgIpc) is 3.24. The third-order valence-corrected chi connectivity index (χ3v) is 4.22. The van der Waals surface area contributed by atoms with Gasteiger partial charge in [-0.05, 0) is 30.5 Å². The van der Waals surface area contributed by atoms with E-state index in [1.54, 1.807) is 6.21 Å². The normalized spacial score (nSPS) is 13.9. The van der Waals surface area contributed by atoms with Gasteiger partial charge in [0.15, 0.2) is 0 Å². The van der Waals surface area contributed by atoms with E-state index >= 15 is 0 Å². The van der Waals surface area contributed by atoms with Crippen LogP contribution in [0, 0.1) is 0 Å². The lowest BCUT2D eigenvalue weighted by molar-refractivity contribution is 0.883. The fourth-order valence-corrected chi connectivity index (χ4v) is 2.88. The zero-order valence-corrected chi connectivity index (χ0v) is 14.9. The second-order valence-corrected chi connectivity index (χ2v) is 6.25. The van der Waals surface area contributed by atoms with Gasteiger partial charge < -0.3 is 10.2 Å². The molecule has 2 heterocycles. The largest absolute Gasteiger partial charge is 0.341 e. The molecule has 2 N–H and O–H groups in total. The van der Waals surface area contributed by atoms with Crippen molar-refractivity contribution in [3.05, 3.63) is 66.2 Å². The molecular weight excluding hydrogens is 338 g/mol. The lowest BCUT2D eigenvalue weighted by Gasteiger charge is -2.16. The summed E-state index contributed by atoms with van der Waals surface area (Å²) in [5.41, 5.74) is 4.85. The molecule has 27 heavy (non-hydrogen) atoms. The molecule has 0 unspecified atom stereocenters. The summed E-state index contributed by atoms with van der Waals surface area (Å²) in [6, 6.07) is 19.7. The summed E-state index contributed by atoms with van der Waals surface area (Å²) >= 11 is 0. The molecule has 0 atom stereocenters. The van der Waals surface area contributed by atoms with Crippen LogP contribution < -0.4 is 15.6 Å². The van der Waals surface area contributed by atoms with Gasteiger partial charge in [-0.25, -0.2) is 5.43 Å². The third kappa shape index (κ3) is 4.58. The maximum atomic E-state index is 4.58. The van der Waals surface area contributed by atoms with Gasteiger partial charge in [-0.1, -0.05) is 48.5 Å². The minimum Gasteiger partial charge on any atom is -0.341 e. The third-order valence-electron chi connectivity index (χ3n) is 4.22. The van der Waals surface area contributed by atoms with Crippen molar-refractivity contribution in [1.82, 2.24) is 15.0 Å². The average molecular weight is 359 g/mol. The molecule has 4 rings (SSSR count). The number of nitrogens with one attached hydrogen (secondary N) is 2. The van der Waals surface area contributed by atoms with Crippen molar-refractivity contribution in [2.75, 3.05) is 28.7 Å². The number of nitrogens with zero attached hydrogens (tertiary/aromatic N) is 5. The number of rotatable bonds is 6. The summed E-state index contributed by atoms with van der Waals surface area (Å²) < 4.78 is 0. The van der Waals surface area contributed by atoms with Crippen molar-refractivity contribution in [2.45, 2.75) is 12.8 Å². The molecule has 0 spiro atoms. The molecule has 7 heteroatoms. The number of aromatic nitrogens is 3. The van der Waals surface area contributed by atoms with E-state index in [0.717, 1.165) is 37.2 Å². The standard InChI is InChI=1S/C20H21N7/c1-3-9-16(10-4-1)15-21-26-19-23-18(22-17-11-5-2-6-12-17)24-20(25-19)27-13-7-8-14-27/h1-6,9-12,15H,7-8,13-14H2,(H2,22,23,24,25,26)/b21-15+. The Labute approximate surface area is 158 Å². The van der Waals surface area contributed by atoms with Crippen molar-refractivity contribution in [1.29, 1.82) is 0 Å². The van der Waals surface area contributed by atoms with Crippen LogP contribution in [0.25, 0.3) is 0 Å². The van der Waals surface area contributed by atoms with Crippen LogP contribution in [0.15, 0.2) is 65.8 Å². The van der Waals surface area contributed by atoms with Gasteiger partial charge >= 0.3 is 0 Å². The van der Waals surface area contributed by atoms with Crippen molar-refractivity contribution < 1.29 is 0 Å². The van der Waals surface area contributed by atoms with Gasteiger partial charge in [-0.3, -0.25) is 0 Å². The van der Waals surface area contributed by atoms with Gasteiger partial charge in [0.05, 0.1) is 6.21 Å². The number of hydrogen-bond acceptors (Lipinski definition) is 7. The van der Waals surface area contributed by atoms with Crippen LogP contribution >= 0.6 is 0 Å². The minimum atomic E-state index is 0.414. The first kappa shape index (κ1) is 17.0. The van der Waals surface area contributed by atoms with E-state index in [1.165, 1.54) is 0 Å². The van der Waals surface area contributed by atoms with E-state index in [-0.39, 0.29) is 0 Å². The van der Waals surface area contributed by atoms with E-state index < -0.39 is 0 Å². The van der Waals surface area contributed by atoms with Crippen molar-refractivity contribution >= 4 is 29.7 Å². The first-order valence-electron chi connectivity index (χ1n) is 9.04. The Balaban J connectivity index is 1.56. The molecule has 7 nitrogen and oxygen atoms in total. The Morgan fingerprint density at radius 2 is 1.48 bits per heavy atom. The van der Waals surface area contributed by atoms with Gasteiger partial charge in [0, 0.05) is 18.8 Å². The maximum Gasteiger partial charge on any atom is 0.250 e. The molecule has 0 saturated carbocycles. The van der Waals surface area contributed by atoms with E-state index in [1.807, 2.05) is 60.7 Å². The van der Waals surface area contributed by atoms with Crippen LogP contribution in [-0.4, -0.2) is 34.3 Å². The minimum absolute atomic E-state index is 0.414. The number of benzene rings is 2. The van der Waals surface area contributed by atoms with E-state index in [0.29, 0.717) is 17.8 Å². The topological polar surface area (TPSA) is 78.3 Å². The van der Waals surface area contributed by atoms with E-state index in [9.17, 15) is 0 Å². The van der Waals surface area contributed by atoms with Crippen LogP contribution in [0.2, 0.25) is 0 Å². The summed E-state index contributed by atoms with van der Waals surface area (Å²) in [6.07, 6.45) is 4.05. The summed E-state index contributed by atoms with van der Waals surface area (Å²) in [7, 11) is 0. The van der Waals surface area contributed by atoms with Gasteiger partial charge in [0.1, 0.15) is 0 Å². The van der Waals surface area contributed by atoms with Gasteiger partial charge in [0.25, 0.3) is 0 Å². The van der Waals surface area contributed by atoms with Crippen LogP contribution in [0.1, 0.15) is 18.4 Å². The number of hydrazone groups is 1. The first-order valence-corrected chi connectivity index (χ1v) is 9.04. The fourth-order valence-electron chi connectivity index (χ4n) is 2.88. The molecule has 0 amide bonds. The van der Waals surface area contributed by atoms with Crippen molar-refractivity contribution in [3.8, 4) is 0 Å². The highest BCUT2D eigenvalue weighted by atomic mass is 15.4. The molecule has 0 radical (unpaired) electrons. The second kappa shape index (κ2) is 8.27. The number of anilines is 4. The summed E-state index contributed by atoms with van der Waals surface area (Å²) in [6.45, 7) is 1.92. The zero-order chi connectivity index (χ0) is 18.3. The molecule has 1 saturated heterocycles. The predicted molar refractivity (Wildman–Crippen MR) is 109 cm³/mol. The smallest absolute Gasteiger partial charge is 0.250 e. The molecule has 3 aromatic rings. The molecule has 1 aliphatic rings. The number of para-hydroxylation sites is 1. The van der Waals surface area contributed by atoms with Crippen LogP contribution in [0.3, 0.4) is 0 Å². The highest BCUT2D eigenvalue weighted by Crippen LogP contribution is 2.20. The Kier molecular flexibility index (Phi) is 5.19. The second-order valence-electron chi connectivity index (χ2n) is 6.25. The Hall–Kier alpha value is -3.48. The monoisotopic (exact) mass is 359 g/mol. The molecule has 2 aromatic carbocycles. The molecule has 1 fully saturated rings. The van der Waals surface area contributed by atoms with Gasteiger partial charge in [-0.15, -0.1) is 0 Å². The van der Waals surface area contributed by atoms with Gasteiger partial charge in [-0.2, -0.15) is 20.1 Å². The lowest BCUT2D eigenvalue weighted by Crippen LogP contribution is -2.21. The zero-order valence-electron chi connectivity index (χ0n) is 14.9. The van der Waals surface area contributed by atoms with Crippen molar-refractivity contribution in [2.24, 2.45) is 5.10 Å². The Bertz CT molecular complexity index is 891. The summed E-state index contributed by atoms with van der Waals surface area (Å²) in [5.74, 6) is 1.58. The first-order chi connectivity index (χ1) is 13.4. The highest BCUT2D eigenvalue weighted by Gasteiger charge is 2.17. The Morgan fingerprint density at radius 1 is 0.815 bits per heavy atom. The lowest BCUT2D eigenvalue weighted by atomic mass is 10.2. The molecule has 136 valence electrons. The van der Waals surface area contributed by atoms with Crippen LogP contribution in [0.4, 0.5) is 23.5 Å². The summed E-state index contributed by atoms with van der Waals surface area (Å²) in [5, 5.41) is 7.49. The molecule has 1 aliphatic heterocycles. The predicted octanol–water partition coefficient (Wildman–Crippen LogP) is 3.66. The van der Waals surface area contributed by atoms with E-state index in [4.69, 9.17) is 0 Å². The fraction of sp³-hybridized carbons (Fsp3) is 0.200. The van der Waals surface area contributed by atoms with Crippen molar-refractivity contribution in [3.63, 3.8) is 0 Å². The molecule has 0 bridgehead atoms. The molecule has 0 aliphatic carbocycles. The van der Waals surface area contributed by atoms with Gasteiger partial charge in [0.2, 0.25) is 17.8 Å². The van der Waals surface area contributed by atoms with Crippen LogP contribution in [0.5, 0.6) is 0 Å². The Morgan fingerprint density at radius 3 is 2.22 bits per heavy atom. The highest BCUT2D eigenvalue weighted by molar-refractivity contribution is 5.79. The van der Waals surface area contributed by atoms with E-state index in [2.05, 4.69) is 35.7 Å². The van der Waals surface area contributed by atoms with Crippen LogP contribution in [-0.2, 0) is 0 Å². The quantitative estimate of drug-likeness (QED) is 0.516.